The summed E-state index contributed by atoms with van der Waals surface area (Å²) < 4.78 is 5.17. The Labute approximate surface area is 121 Å². The molecule has 4 atom stereocenters. The fraction of sp³-hybridized carbons (Fsp3) is 0.647. The van der Waals surface area contributed by atoms with E-state index >= 15 is 0 Å². The molecule has 1 aromatic carbocycles. The average Bonchev–Trinajstić information content (AvgIpc) is 3.07. The minimum Gasteiger partial charge on any atom is -0.497 e. The largest absolute Gasteiger partial charge is 0.497 e. The van der Waals surface area contributed by atoms with E-state index in [2.05, 4.69) is 11.8 Å². The maximum atomic E-state index is 10.6. The van der Waals surface area contributed by atoms with Crippen molar-refractivity contribution >= 4 is 0 Å². The van der Waals surface area contributed by atoms with Crippen molar-refractivity contribution in [2.45, 2.75) is 38.3 Å². The third-order valence-electron chi connectivity index (χ3n) is 5.24. The lowest BCUT2D eigenvalue weighted by molar-refractivity contribution is 0.0670. The molecular formula is C17H25NO2. The topological polar surface area (TPSA) is 32.7 Å². The van der Waals surface area contributed by atoms with Crippen molar-refractivity contribution in [3.05, 3.63) is 29.8 Å². The van der Waals surface area contributed by atoms with Crippen molar-refractivity contribution in [3.63, 3.8) is 0 Å². The van der Waals surface area contributed by atoms with Crippen LogP contribution in [0.4, 0.5) is 0 Å². The van der Waals surface area contributed by atoms with E-state index in [0.29, 0.717) is 0 Å². The third kappa shape index (κ3) is 2.57. The van der Waals surface area contributed by atoms with Gasteiger partial charge in [-0.05, 0) is 49.3 Å². The summed E-state index contributed by atoms with van der Waals surface area (Å²) in [6, 6.07) is 7.97. The van der Waals surface area contributed by atoms with Gasteiger partial charge in [-0.1, -0.05) is 18.6 Å². The molecule has 1 saturated carbocycles. The summed E-state index contributed by atoms with van der Waals surface area (Å²) in [5.74, 6) is 2.59. The lowest BCUT2D eigenvalue weighted by atomic mass is 10.0. The first-order valence-electron chi connectivity index (χ1n) is 7.75. The summed E-state index contributed by atoms with van der Waals surface area (Å²) in [7, 11) is 1.66. The molecule has 1 N–H and O–H groups in total. The number of fused-ring (bicyclic) bond motifs is 1. The standard InChI is InChI=1S/C17H25NO2/c1-12(18-10-14-4-3-5-15(14)11-18)17(19)13-6-8-16(20-2)9-7-13/h6-9,12,14-15,17,19H,3-5,10-11H2,1-2H3. The van der Waals surface area contributed by atoms with Crippen LogP contribution in [0, 0.1) is 11.8 Å². The van der Waals surface area contributed by atoms with Gasteiger partial charge in [0, 0.05) is 19.1 Å². The minimum atomic E-state index is -0.417. The first-order chi connectivity index (χ1) is 9.69. The number of nitrogens with zero attached hydrogens (tertiary/aromatic N) is 1. The minimum absolute atomic E-state index is 0.189. The van der Waals surface area contributed by atoms with E-state index in [1.165, 1.54) is 32.4 Å². The van der Waals surface area contributed by atoms with Gasteiger partial charge in [-0.25, -0.2) is 0 Å². The summed E-state index contributed by atoms with van der Waals surface area (Å²) in [4.78, 5) is 2.48. The number of aliphatic hydroxyl groups excluding tert-OH is 1. The van der Waals surface area contributed by atoms with Crippen LogP contribution in [0.5, 0.6) is 5.75 Å². The molecule has 4 unspecified atom stereocenters. The molecule has 1 saturated heterocycles. The molecule has 0 spiro atoms. The lowest BCUT2D eigenvalue weighted by Crippen LogP contribution is -2.36. The van der Waals surface area contributed by atoms with Crippen LogP contribution in [-0.4, -0.2) is 36.2 Å². The van der Waals surface area contributed by atoms with Gasteiger partial charge in [0.05, 0.1) is 13.2 Å². The van der Waals surface area contributed by atoms with Crippen LogP contribution in [-0.2, 0) is 0 Å². The van der Waals surface area contributed by atoms with Crippen molar-refractivity contribution in [3.8, 4) is 5.75 Å². The summed E-state index contributed by atoms with van der Waals surface area (Å²) in [5, 5.41) is 10.6. The smallest absolute Gasteiger partial charge is 0.118 e. The molecule has 1 aromatic rings. The molecule has 1 heterocycles. The summed E-state index contributed by atoms with van der Waals surface area (Å²) in [6.45, 7) is 4.48. The van der Waals surface area contributed by atoms with E-state index in [-0.39, 0.29) is 6.04 Å². The number of hydrogen-bond donors (Lipinski definition) is 1. The number of ether oxygens (including phenoxy) is 1. The molecule has 2 fully saturated rings. The molecule has 2 aliphatic rings. The zero-order valence-electron chi connectivity index (χ0n) is 12.5. The average molecular weight is 275 g/mol. The zero-order valence-corrected chi connectivity index (χ0v) is 12.5. The van der Waals surface area contributed by atoms with Crippen molar-refractivity contribution in [1.82, 2.24) is 4.90 Å². The molecular weight excluding hydrogens is 250 g/mol. The molecule has 0 radical (unpaired) electrons. The lowest BCUT2D eigenvalue weighted by Gasteiger charge is -2.29. The van der Waals surface area contributed by atoms with E-state index in [1.54, 1.807) is 7.11 Å². The zero-order chi connectivity index (χ0) is 14.1. The van der Waals surface area contributed by atoms with E-state index < -0.39 is 6.10 Å². The van der Waals surface area contributed by atoms with Gasteiger partial charge in [0.25, 0.3) is 0 Å². The van der Waals surface area contributed by atoms with Crippen LogP contribution in [0.2, 0.25) is 0 Å². The molecule has 3 heteroatoms. The number of hydrogen-bond acceptors (Lipinski definition) is 3. The Morgan fingerprint density at radius 2 is 1.75 bits per heavy atom. The first kappa shape index (κ1) is 13.9. The van der Waals surface area contributed by atoms with Gasteiger partial charge >= 0.3 is 0 Å². The maximum absolute atomic E-state index is 10.6. The third-order valence-corrected chi connectivity index (χ3v) is 5.24. The molecule has 0 bridgehead atoms. The van der Waals surface area contributed by atoms with Crippen molar-refractivity contribution < 1.29 is 9.84 Å². The van der Waals surface area contributed by atoms with Gasteiger partial charge in [0.2, 0.25) is 0 Å². The highest BCUT2D eigenvalue weighted by molar-refractivity contribution is 5.29. The van der Waals surface area contributed by atoms with Crippen molar-refractivity contribution in [2.24, 2.45) is 11.8 Å². The van der Waals surface area contributed by atoms with Crippen LogP contribution < -0.4 is 4.74 Å². The molecule has 1 aliphatic carbocycles. The Bertz CT molecular complexity index is 433. The first-order valence-corrected chi connectivity index (χ1v) is 7.75. The molecule has 0 amide bonds. The van der Waals surface area contributed by atoms with Gasteiger partial charge in [0.15, 0.2) is 0 Å². The Kier molecular flexibility index (Phi) is 3.99. The highest BCUT2D eigenvalue weighted by atomic mass is 16.5. The molecule has 110 valence electrons. The quantitative estimate of drug-likeness (QED) is 0.917. The van der Waals surface area contributed by atoms with Crippen LogP contribution >= 0.6 is 0 Å². The van der Waals surface area contributed by atoms with Gasteiger partial charge < -0.3 is 9.84 Å². The van der Waals surface area contributed by atoms with Gasteiger partial charge in [-0.3, -0.25) is 4.90 Å². The molecule has 0 aromatic heterocycles. The summed E-state index contributed by atoms with van der Waals surface area (Å²) in [5.41, 5.74) is 0.982. The molecule has 3 nitrogen and oxygen atoms in total. The van der Waals surface area contributed by atoms with E-state index in [1.807, 2.05) is 24.3 Å². The maximum Gasteiger partial charge on any atom is 0.118 e. The van der Waals surface area contributed by atoms with E-state index in [9.17, 15) is 5.11 Å². The fourth-order valence-corrected chi connectivity index (χ4v) is 3.88. The monoisotopic (exact) mass is 275 g/mol. The Morgan fingerprint density at radius 1 is 1.15 bits per heavy atom. The Morgan fingerprint density at radius 3 is 2.30 bits per heavy atom. The molecule has 1 aliphatic heterocycles. The highest BCUT2D eigenvalue weighted by Crippen LogP contribution is 2.39. The molecule has 3 rings (SSSR count). The van der Waals surface area contributed by atoms with Crippen LogP contribution in [0.25, 0.3) is 0 Å². The van der Waals surface area contributed by atoms with E-state index in [4.69, 9.17) is 4.74 Å². The van der Waals surface area contributed by atoms with Crippen molar-refractivity contribution in [2.75, 3.05) is 20.2 Å². The van der Waals surface area contributed by atoms with E-state index in [0.717, 1.165) is 23.1 Å². The summed E-state index contributed by atoms with van der Waals surface area (Å²) in [6.07, 6.45) is 3.75. The second-order valence-electron chi connectivity index (χ2n) is 6.36. The van der Waals surface area contributed by atoms with Gasteiger partial charge in [-0.15, -0.1) is 0 Å². The van der Waals surface area contributed by atoms with Crippen molar-refractivity contribution in [1.29, 1.82) is 0 Å². The predicted octanol–water partition coefficient (Wildman–Crippen LogP) is 2.85. The van der Waals surface area contributed by atoms with Crippen LogP contribution in [0.1, 0.15) is 37.9 Å². The van der Waals surface area contributed by atoms with Gasteiger partial charge in [0.1, 0.15) is 5.75 Å². The number of rotatable bonds is 4. The second kappa shape index (κ2) is 5.74. The fourth-order valence-electron chi connectivity index (χ4n) is 3.88. The SMILES string of the molecule is COc1ccc(C(O)C(C)N2CC3CCCC3C2)cc1. The van der Waals surface area contributed by atoms with Gasteiger partial charge in [-0.2, -0.15) is 0 Å². The number of aliphatic hydroxyl groups is 1. The summed E-state index contributed by atoms with van der Waals surface area (Å²) >= 11 is 0. The normalized spacial score (nSPS) is 29.1. The van der Waals surface area contributed by atoms with Crippen LogP contribution in [0.15, 0.2) is 24.3 Å². The van der Waals surface area contributed by atoms with Crippen LogP contribution in [0.3, 0.4) is 0 Å². The number of methoxy groups -OCH3 is 1. The Balaban J connectivity index is 1.65. The predicted molar refractivity (Wildman–Crippen MR) is 79.8 cm³/mol. The highest BCUT2D eigenvalue weighted by Gasteiger charge is 2.39. The second-order valence-corrected chi connectivity index (χ2v) is 6.36. The molecule has 20 heavy (non-hydrogen) atoms. The number of benzene rings is 1. The number of likely N-dealkylation sites (tertiary alicyclic amines) is 1. The Hall–Kier alpha value is -1.06.